The summed E-state index contributed by atoms with van der Waals surface area (Å²) in [5.41, 5.74) is 0.900. The van der Waals surface area contributed by atoms with Gasteiger partial charge in [0.1, 0.15) is 4.58 Å². The fraction of sp³-hybridized carbons (Fsp3) is 0.242. The predicted molar refractivity (Wildman–Crippen MR) is 161 cm³/mol. The van der Waals surface area contributed by atoms with Gasteiger partial charge < -0.3 is 9.47 Å². The van der Waals surface area contributed by atoms with Gasteiger partial charge >= 0.3 is 11.9 Å². The molecule has 216 valence electrons. The molecule has 1 aliphatic carbocycles. The number of hydrogen-bond acceptors (Lipinski definition) is 8. The lowest BCUT2D eigenvalue weighted by atomic mass is 9.64. The molecule has 4 atom stereocenters. The van der Waals surface area contributed by atoms with Gasteiger partial charge in [-0.2, -0.15) is 0 Å². The van der Waals surface area contributed by atoms with Crippen molar-refractivity contribution in [2.24, 2.45) is 17.8 Å². The molecule has 0 bridgehead atoms. The zero-order chi connectivity index (χ0) is 29.4. The van der Waals surface area contributed by atoms with E-state index in [9.17, 15) is 18.0 Å². The van der Waals surface area contributed by atoms with Crippen LogP contribution in [0, 0.1) is 17.8 Å². The van der Waals surface area contributed by atoms with E-state index in [1.807, 2.05) is 18.2 Å². The summed E-state index contributed by atoms with van der Waals surface area (Å²) in [7, 11) is -3.72. The van der Waals surface area contributed by atoms with Gasteiger partial charge in [-0.3, -0.25) is 0 Å². The van der Waals surface area contributed by atoms with Crippen LogP contribution in [0.25, 0.3) is 0 Å². The molecule has 42 heavy (non-hydrogen) atoms. The lowest BCUT2D eigenvalue weighted by Crippen LogP contribution is -2.45. The molecule has 0 saturated heterocycles. The summed E-state index contributed by atoms with van der Waals surface area (Å²) in [6.45, 7) is 0.250. The number of carbonyl (C=O) groups is 2. The highest BCUT2D eigenvalue weighted by atomic mass is 32.3. The van der Waals surface area contributed by atoms with E-state index < -0.39 is 26.4 Å². The van der Waals surface area contributed by atoms with Crippen molar-refractivity contribution in [3.63, 3.8) is 0 Å². The SMILES string of the molecule is O=C(OC[C@H]1CC(CC(Sc2ccccn2)S(=O)(=O)c2ccccc2)[C@@H]1COC(=O)c1ccccc1)c1ccccc1. The van der Waals surface area contributed by atoms with E-state index in [2.05, 4.69) is 4.98 Å². The van der Waals surface area contributed by atoms with Crippen LogP contribution < -0.4 is 0 Å². The van der Waals surface area contributed by atoms with Crippen molar-refractivity contribution in [3.05, 3.63) is 127 Å². The van der Waals surface area contributed by atoms with Gasteiger partial charge in [-0.25, -0.2) is 23.0 Å². The lowest BCUT2D eigenvalue weighted by Gasteiger charge is -2.45. The monoisotopic (exact) mass is 601 g/mol. The molecule has 3 aromatic carbocycles. The van der Waals surface area contributed by atoms with Crippen LogP contribution in [0.3, 0.4) is 0 Å². The van der Waals surface area contributed by atoms with Gasteiger partial charge in [-0.05, 0) is 73.2 Å². The number of rotatable bonds is 12. The number of benzene rings is 3. The van der Waals surface area contributed by atoms with Crippen LogP contribution in [-0.2, 0) is 19.3 Å². The van der Waals surface area contributed by atoms with Gasteiger partial charge in [0.15, 0.2) is 9.84 Å². The topological polar surface area (TPSA) is 99.6 Å². The van der Waals surface area contributed by atoms with Crippen molar-refractivity contribution in [3.8, 4) is 0 Å². The second-order valence-corrected chi connectivity index (χ2v) is 13.8. The Morgan fingerprint density at radius 3 is 1.86 bits per heavy atom. The van der Waals surface area contributed by atoms with E-state index in [0.29, 0.717) is 29.0 Å². The first-order valence-electron chi connectivity index (χ1n) is 13.7. The highest BCUT2D eigenvalue weighted by molar-refractivity contribution is 8.13. The average Bonchev–Trinajstić information content (AvgIpc) is 3.03. The zero-order valence-corrected chi connectivity index (χ0v) is 24.5. The van der Waals surface area contributed by atoms with Crippen LogP contribution in [-0.4, -0.2) is 43.1 Å². The van der Waals surface area contributed by atoms with Crippen molar-refractivity contribution < 1.29 is 27.5 Å². The minimum atomic E-state index is -3.72. The maximum absolute atomic E-state index is 13.8. The largest absolute Gasteiger partial charge is 0.462 e. The van der Waals surface area contributed by atoms with Gasteiger partial charge in [-0.15, -0.1) is 0 Å². The molecule has 1 heterocycles. The third-order valence-corrected chi connectivity index (χ3v) is 11.3. The number of hydrogen-bond donors (Lipinski definition) is 0. The smallest absolute Gasteiger partial charge is 0.338 e. The third-order valence-electron chi connectivity index (χ3n) is 7.47. The Morgan fingerprint density at radius 1 is 0.738 bits per heavy atom. The van der Waals surface area contributed by atoms with Crippen molar-refractivity contribution in [2.75, 3.05) is 13.2 Å². The zero-order valence-electron chi connectivity index (χ0n) is 22.8. The van der Waals surface area contributed by atoms with E-state index in [0.717, 1.165) is 0 Å². The molecule has 0 N–H and O–H groups in total. The Labute approximate surface area is 250 Å². The fourth-order valence-electron chi connectivity index (χ4n) is 5.13. The van der Waals surface area contributed by atoms with Crippen LogP contribution in [0.5, 0.6) is 0 Å². The summed E-state index contributed by atoms with van der Waals surface area (Å²) < 4.78 is 38.2. The summed E-state index contributed by atoms with van der Waals surface area (Å²) in [5.74, 6) is -1.20. The molecule has 0 radical (unpaired) electrons. The number of sulfone groups is 1. The fourth-order valence-corrected chi connectivity index (χ4v) is 8.50. The molecule has 9 heteroatoms. The molecule has 1 fully saturated rings. The maximum atomic E-state index is 13.8. The second kappa shape index (κ2) is 13.8. The van der Waals surface area contributed by atoms with E-state index in [-0.39, 0.29) is 35.9 Å². The lowest BCUT2D eigenvalue weighted by molar-refractivity contribution is -0.0382. The molecule has 2 unspecified atom stereocenters. The Morgan fingerprint density at radius 2 is 1.29 bits per heavy atom. The molecule has 4 aromatic rings. The molecule has 0 amide bonds. The van der Waals surface area contributed by atoms with Crippen molar-refractivity contribution in [1.82, 2.24) is 4.98 Å². The van der Waals surface area contributed by atoms with Gasteiger partial charge in [-0.1, -0.05) is 72.4 Å². The molecule has 0 aliphatic heterocycles. The van der Waals surface area contributed by atoms with Gasteiger partial charge in [0, 0.05) is 12.1 Å². The van der Waals surface area contributed by atoms with Crippen molar-refractivity contribution in [2.45, 2.75) is 27.3 Å². The second-order valence-electron chi connectivity index (χ2n) is 10.2. The summed E-state index contributed by atoms with van der Waals surface area (Å²) in [4.78, 5) is 29.9. The Kier molecular flexibility index (Phi) is 9.71. The Hall–Kier alpha value is -3.95. The van der Waals surface area contributed by atoms with Gasteiger partial charge in [0.2, 0.25) is 0 Å². The van der Waals surface area contributed by atoms with Crippen LogP contribution >= 0.6 is 11.8 Å². The summed E-state index contributed by atoms with van der Waals surface area (Å²) in [5, 5.41) is 0.613. The molecule has 5 rings (SSSR count). The van der Waals surface area contributed by atoms with Crippen LogP contribution in [0.2, 0.25) is 0 Å². The van der Waals surface area contributed by atoms with Gasteiger partial charge in [0.25, 0.3) is 0 Å². The molecular formula is C33H31NO6S2. The molecule has 7 nitrogen and oxygen atoms in total. The Balaban J connectivity index is 1.33. The van der Waals surface area contributed by atoms with Crippen molar-refractivity contribution in [1.29, 1.82) is 0 Å². The molecule has 1 saturated carbocycles. The first-order chi connectivity index (χ1) is 20.4. The Bertz CT molecular complexity index is 1570. The van der Waals surface area contributed by atoms with E-state index in [1.54, 1.807) is 97.2 Å². The molecule has 1 aliphatic rings. The normalized spacial score (nSPS) is 18.8. The summed E-state index contributed by atoms with van der Waals surface area (Å²) in [6.07, 6.45) is 2.61. The minimum Gasteiger partial charge on any atom is -0.462 e. The first-order valence-corrected chi connectivity index (χ1v) is 16.2. The molecule has 0 spiro atoms. The van der Waals surface area contributed by atoms with Gasteiger partial charge in [0.05, 0.1) is 34.3 Å². The summed E-state index contributed by atoms with van der Waals surface area (Å²) >= 11 is 1.22. The van der Waals surface area contributed by atoms with E-state index >= 15 is 0 Å². The van der Waals surface area contributed by atoms with E-state index in [4.69, 9.17) is 9.47 Å². The van der Waals surface area contributed by atoms with Crippen LogP contribution in [0.1, 0.15) is 33.6 Å². The first kappa shape index (κ1) is 29.5. The number of ether oxygens (including phenoxy) is 2. The number of aromatic nitrogens is 1. The standard InChI is InChI=1S/C33H31NO6S2/c35-32(24-12-4-1-5-13-24)39-22-27-20-26(29(27)23-40-33(36)25-14-6-2-7-15-25)21-31(41-30-18-10-11-19-34-30)42(37,38)28-16-8-3-9-17-28/h1-19,26-27,29,31H,20-23H2/t26?,27-,29+,31?/m1/s1. The minimum absolute atomic E-state index is 0.0753. The molecule has 1 aromatic heterocycles. The quantitative estimate of drug-likeness (QED) is 0.137. The molecular weight excluding hydrogens is 570 g/mol. The van der Waals surface area contributed by atoms with Crippen molar-refractivity contribution >= 4 is 33.5 Å². The number of nitrogens with zero attached hydrogens (tertiary/aromatic N) is 1. The van der Waals surface area contributed by atoms with E-state index in [1.165, 1.54) is 11.8 Å². The third kappa shape index (κ3) is 7.27. The predicted octanol–water partition coefficient (Wildman–Crippen LogP) is 6.33. The maximum Gasteiger partial charge on any atom is 0.338 e. The number of pyridine rings is 1. The average molecular weight is 602 g/mol. The van der Waals surface area contributed by atoms with Crippen LogP contribution in [0.15, 0.2) is 125 Å². The number of esters is 2. The highest BCUT2D eigenvalue weighted by Crippen LogP contribution is 2.47. The number of carbonyl (C=O) groups excluding carboxylic acids is 2. The highest BCUT2D eigenvalue weighted by Gasteiger charge is 2.45. The summed E-state index contributed by atoms with van der Waals surface area (Å²) in [6, 6.07) is 31.3. The number of thioether (sulfide) groups is 1. The van der Waals surface area contributed by atoms with Crippen LogP contribution in [0.4, 0.5) is 0 Å².